The van der Waals surface area contributed by atoms with E-state index in [-0.39, 0.29) is 25.9 Å². The molecule has 0 aliphatic rings. The first-order chi connectivity index (χ1) is 1.73. The Morgan fingerprint density at radius 2 is 1.00 bits per heavy atom. The molecular formula is CH4Cl4S. The number of rotatable bonds is 0. The average molecular weight is 190 g/mol. The molecule has 6 heavy (non-hydrogen) atoms. The van der Waals surface area contributed by atoms with Crippen LogP contribution in [0, 0.1) is 0 Å². The molecule has 0 spiro atoms. The number of hydrogen-bond donors (Lipinski definition) is 0. The van der Waals surface area contributed by atoms with Gasteiger partial charge in [0, 0.05) is 0 Å². The molecule has 0 saturated carbocycles. The molecule has 0 amide bonds. The zero-order chi connectivity index (χ0) is 3.58. The molecule has 0 atom stereocenters. The quantitative estimate of drug-likeness (QED) is 0.514. The molecule has 0 aromatic rings. The minimum atomic E-state index is -0.750. The van der Waals surface area contributed by atoms with Crippen LogP contribution >= 0.6 is 60.7 Å². The lowest BCUT2D eigenvalue weighted by Crippen LogP contribution is -1.55. The molecule has 0 aliphatic heterocycles. The van der Waals surface area contributed by atoms with Gasteiger partial charge in [-0.2, -0.15) is 13.5 Å². The molecular weight excluding hydrogens is 186 g/mol. The van der Waals surface area contributed by atoms with Crippen LogP contribution in [0.4, 0.5) is 0 Å². The highest BCUT2D eigenvalue weighted by Crippen LogP contribution is 2.03. The van der Waals surface area contributed by atoms with E-state index in [9.17, 15) is 0 Å². The van der Waals surface area contributed by atoms with E-state index in [4.69, 9.17) is 34.8 Å². The molecule has 0 aliphatic carbocycles. The van der Waals surface area contributed by atoms with Gasteiger partial charge in [0.25, 0.3) is 0 Å². The second kappa shape index (κ2) is 9.72. The van der Waals surface area contributed by atoms with E-state index in [2.05, 4.69) is 0 Å². The first-order valence-corrected chi connectivity index (χ1v) is 1.96. The second-order valence-corrected chi connectivity index (χ2v) is 2.23. The Balaban J connectivity index is -0.0000000450. The Kier molecular flexibility index (Phi) is 25.3. The fraction of sp³-hybridized carbons (Fsp3) is 1.00. The fourth-order valence-corrected chi connectivity index (χ4v) is 0. The summed E-state index contributed by atoms with van der Waals surface area (Å²) in [4.78, 5) is 0. The Hall–Kier alpha value is 1.51. The van der Waals surface area contributed by atoms with E-state index in [0.29, 0.717) is 0 Å². The first kappa shape index (κ1) is 15.6. The lowest BCUT2D eigenvalue weighted by molar-refractivity contribution is 1.96. The van der Waals surface area contributed by atoms with Crippen molar-refractivity contribution in [3.05, 3.63) is 0 Å². The van der Waals surface area contributed by atoms with Gasteiger partial charge in [-0.05, 0) is 0 Å². The Morgan fingerprint density at radius 3 is 1.00 bits per heavy atom. The lowest BCUT2D eigenvalue weighted by Gasteiger charge is -1.69. The van der Waals surface area contributed by atoms with E-state index < -0.39 is 4.30 Å². The third-order valence-electron chi connectivity index (χ3n) is 0. The minimum Gasteiger partial charge on any atom is -0.197 e. The van der Waals surface area contributed by atoms with Crippen LogP contribution in [0.15, 0.2) is 0 Å². The molecule has 0 aromatic heterocycles. The summed E-state index contributed by atoms with van der Waals surface area (Å²) in [6.07, 6.45) is 0. The summed E-state index contributed by atoms with van der Waals surface area (Å²) >= 11 is 14.4. The normalized spacial score (nSPS) is 6.00. The SMILES string of the molecule is Cl.ClC(Cl)Cl.S. The Labute approximate surface area is 65.0 Å². The zero-order valence-electron chi connectivity index (χ0n) is 2.62. The van der Waals surface area contributed by atoms with Crippen LogP contribution < -0.4 is 0 Å². The maximum Gasteiger partial charge on any atom is 0.180 e. The van der Waals surface area contributed by atoms with Crippen LogP contribution in [0.25, 0.3) is 0 Å². The van der Waals surface area contributed by atoms with Crippen LogP contribution in [0.5, 0.6) is 0 Å². The van der Waals surface area contributed by atoms with Gasteiger partial charge in [0.2, 0.25) is 0 Å². The van der Waals surface area contributed by atoms with Crippen molar-refractivity contribution in [1.82, 2.24) is 0 Å². The van der Waals surface area contributed by atoms with Crippen LogP contribution in [0.1, 0.15) is 0 Å². The molecule has 0 radical (unpaired) electrons. The maximum absolute atomic E-state index is 4.81. The van der Waals surface area contributed by atoms with Crippen LogP contribution in [0.2, 0.25) is 0 Å². The molecule has 0 bridgehead atoms. The van der Waals surface area contributed by atoms with E-state index >= 15 is 0 Å². The third-order valence-corrected chi connectivity index (χ3v) is 0. The Morgan fingerprint density at radius 1 is 1.00 bits per heavy atom. The topological polar surface area (TPSA) is 0 Å². The molecule has 0 unspecified atom stereocenters. The number of halogens is 4. The van der Waals surface area contributed by atoms with Crippen LogP contribution in [-0.4, -0.2) is 4.30 Å². The summed E-state index contributed by atoms with van der Waals surface area (Å²) in [5.41, 5.74) is 0. The molecule has 0 N–H and O–H groups in total. The van der Waals surface area contributed by atoms with E-state index in [1.807, 2.05) is 0 Å². The van der Waals surface area contributed by atoms with Crippen LogP contribution in [0.3, 0.4) is 0 Å². The molecule has 0 aromatic carbocycles. The number of alkyl halides is 3. The van der Waals surface area contributed by atoms with Gasteiger partial charge >= 0.3 is 0 Å². The molecule has 5 heteroatoms. The van der Waals surface area contributed by atoms with Crippen molar-refractivity contribution in [3.63, 3.8) is 0 Å². The minimum absolute atomic E-state index is 0. The van der Waals surface area contributed by atoms with Crippen molar-refractivity contribution < 1.29 is 0 Å². The molecule has 0 nitrogen and oxygen atoms in total. The van der Waals surface area contributed by atoms with Crippen molar-refractivity contribution in [1.29, 1.82) is 0 Å². The second-order valence-electron chi connectivity index (χ2n) is 0.247. The van der Waals surface area contributed by atoms with Crippen molar-refractivity contribution in [2.24, 2.45) is 0 Å². The van der Waals surface area contributed by atoms with Crippen molar-refractivity contribution >= 4 is 60.7 Å². The summed E-state index contributed by atoms with van der Waals surface area (Å²) in [5.74, 6) is 0. The monoisotopic (exact) mass is 188 g/mol. The van der Waals surface area contributed by atoms with E-state index in [1.165, 1.54) is 0 Å². The molecule has 0 fully saturated rings. The molecule has 0 heterocycles. The smallest absolute Gasteiger partial charge is 0.180 e. The van der Waals surface area contributed by atoms with Gasteiger partial charge in [0.15, 0.2) is 4.30 Å². The highest BCUT2D eigenvalue weighted by molar-refractivity contribution is 7.59. The zero-order valence-corrected chi connectivity index (χ0v) is 6.70. The summed E-state index contributed by atoms with van der Waals surface area (Å²) in [7, 11) is 0. The molecule has 42 valence electrons. The average Bonchev–Trinajstić information content (AvgIpc) is 0.811. The van der Waals surface area contributed by atoms with Gasteiger partial charge in [-0.3, -0.25) is 0 Å². The van der Waals surface area contributed by atoms with Crippen molar-refractivity contribution in [2.45, 2.75) is 4.30 Å². The predicted octanol–water partition coefficient (Wildman–Crippen LogP) is 2.52. The van der Waals surface area contributed by atoms with E-state index in [0.717, 1.165) is 0 Å². The van der Waals surface area contributed by atoms with Gasteiger partial charge in [0.1, 0.15) is 0 Å². The van der Waals surface area contributed by atoms with Gasteiger partial charge in [-0.25, -0.2) is 0 Å². The summed E-state index contributed by atoms with van der Waals surface area (Å²) < 4.78 is -0.750. The fourth-order valence-electron chi connectivity index (χ4n) is 0. The highest BCUT2D eigenvalue weighted by atomic mass is 35.6. The summed E-state index contributed by atoms with van der Waals surface area (Å²) in [5, 5.41) is 0. The predicted molar refractivity (Wildman–Crippen MR) is 39.0 cm³/mol. The molecule has 0 saturated heterocycles. The van der Waals surface area contributed by atoms with Crippen molar-refractivity contribution in [3.8, 4) is 0 Å². The Bertz CT molecular complexity index is 12.3. The van der Waals surface area contributed by atoms with Gasteiger partial charge in [-0.15, -0.1) is 12.4 Å². The third kappa shape index (κ3) is 49.2. The first-order valence-electron chi connectivity index (χ1n) is 0.655. The van der Waals surface area contributed by atoms with Gasteiger partial charge in [0.05, 0.1) is 0 Å². The lowest BCUT2D eigenvalue weighted by atomic mass is 11.9. The van der Waals surface area contributed by atoms with E-state index in [1.54, 1.807) is 0 Å². The van der Waals surface area contributed by atoms with Crippen LogP contribution in [-0.2, 0) is 0 Å². The van der Waals surface area contributed by atoms with Crippen molar-refractivity contribution in [2.75, 3.05) is 0 Å². The standard InChI is InChI=1S/CHCl3.ClH.H2S/c2-1(3)4;;/h1H;1H;1H2. The largest absolute Gasteiger partial charge is 0.197 e. The summed E-state index contributed by atoms with van der Waals surface area (Å²) in [6, 6.07) is 0. The molecule has 0 rings (SSSR count). The maximum atomic E-state index is 4.81. The van der Waals surface area contributed by atoms with Gasteiger partial charge < -0.3 is 0 Å². The highest BCUT2D eigenvalue weighted by Gasteiger charge is 1.78. The number of hydrogen-bond acceptors (Lipinski definition) is 0. The van der Waals surface area contributed by atoms with Gasteiger partial charge in [-0.1, -0.05) is 34.8 Å². The summed E-state index contributed by atoms with van der Waals surface area (Å²) in [6.45, 7) is 0.